The van der Waals surface area contributed by atoms with E-state index >= 15 is 0 Å². The maximum absolute atomic E-state index is 2.37. The summed E-state index contributed by atoms with van der Waals surface area (Å²) >= 11 is 0. The molecule has 0 fully saturated rings. The van der Waals surface area contributed by atoms with Crippen LogP contribution in [0.2, 0.25) is 0 Å². The quantitative estimate of drug-likeness (QED) is 0.552. The van der Waals surface area contributed by atoms with Crippen LogP contribution in [-0.2, 0) is 5.41 Å². The van der Waals surface area contributed by atoms with Crippen molar-refractivity contribution in [1.29, 1.82) is 0 Å². The standard InChI is InChI=1S/C20H27/c1-19(2,3)17-11-7-15(8-12-17)16-9-13-18(14-10-16)20(4,5)6/h7-9,11-14H,10H2,1-6H3/q-1. The largest absolute Gasteiger partial charge is 0.183 e. The highest BCUT2D eigenvalue weighted by molar-refractivity contribution is 5.71. The molecule has 0 bridgehead atoms. The fourth-order valence-corrected chi connectivity index (χ4v) is 2.50. The molecule has 0 saturated heterocycles. The molecule has 0 aromatic heterocycles. The lowest BCUT2D eigenvalue weighted by atomic mass is 9.80. The fourth-order valence-electron chi connectivity index (χ4n) is 2.50. The Morgan fingerprint density at radius 2 is 1.45 bits per heavy atom. The SMILES string of the molecule is CC(C)(C)C1=CCC(c2ccc(C(C)(C)C)cc2)=C[CH-]1. The van der Waals surface area contributed by atoms with Crippen LogP contribution in [0.15, 0.2) is 42.0 Å². The van der Waals surface area contributed by atoms with Crippen molar-refractivity contribution in [2.24, 2.45) is 5.41 Å². The molecule has 0 unspecified atom stereocenters. The van der Waals surface area contributed by atoms with Crippen molar-refractivity contribution >= 4 is 5.57 Å². The number of allylic oxidation sites excluding steroid dienone is 4. The Morgan fingerprint density at radius 1 is 0.850 bits per heavy atom. The van der Waals surface area contributed by atoms with Crippen LogP contribution in [0.25, 0.3) is 5.57 Å². The van der Waals surface area contributed by atoms with Crippen molar-refractivity contribution < 1.29 is 0 Å². The summed E-state index contributed by atoms with van der Waals surface area (Å²) in [4.78, 5) is 0. The van der Waals surface area contributed by atoms with Gasteiger partial charge in [0.15, 0.2) is 0 Å². The van der Waals surface area contributed by atoms with Gasteiger partial charge < -0.3 is 0 Å². The van der Waals surface area contributed by atoms with Crippen molar-refractivity contribution in [3.05, 3.63) is 59.5 Å². The lowest BCUT2D eigenvalue weighted by molar-refractivity contribution is 0.509. The van der Waals surface area contributed by atoms with Gasteiger partial charge >= 0.3 is 0 Å². The number of hydrogen-bond donors (Lipinski definition) is 0. The average Bonchev–Trinajstić information content (AvgIpc) is 2.37. The zero-order valence-corrected chi connectivity index (χ0v) is 13.7. The molecule has 0 N–H and O–H groups in total. The third-order valence-corrected chi connectivity index (χ3v) is 3.99. The average molecular weight is 267 g/mol. The smallest absolute Gasteiger partial charge is 0.0132 e. The molecule has 1 aromatic carbocycles. The molecule has 0 heteroatoms. The van der Waals surface area contributed by atoms with E-state index in [0.717, 1.165) is 6.42 Å². The van der Waals surface area contributed by atoms with Crippen LogP contribution in [-0.4, -0.2) is 0 Å². The first-order valence-electron chi connectivity index (χ1n) is 7.53. The molecule has 1 aliphatic carbocycles. The Kier molecular flexibility index (Phi) is 3.86. The maximum atomic E-state index is 2.37. The summed E-state index contributed by atoms with van der Waals surface area (Å²) in [6.07, 6.45) is 7.97. The zero-order valence-electron chi connectivity index (χ0n) is 13.7. The van der Waals surface area contributed by atoms with E-state index in [4.69, 9.17) is 0 Å². The first-order valence-corrected chi connectivity index (χ1v) is 7.53. The van der Waals surface area contributed by atoms with E-state index < -0.39 is 0 Å². The molecule has 1 aromatic rings. The molecular weight excluding hydrogens is 240 g/mol. The van der Waals surface area contributed by atoms with Gasteiger partial charge in [0.25, 0.3) is 0 Å². The molecule has 0 radical (unpaired) electrons. The topological polar surface area (TPSA) is 0 Å². The van der Waals surface area contributed by atoms with E-state index in [1.807, 2.05) is 0 Å². The number of rotatable bonds is 1. The van der Waals surface area contributed by atoms with Crippen LogP contribution in [0.5, 0.6) is 0 Å². The highest BCUT2D eigenvalue weighted by Gasteiger charge is 2.14. The van der Waals surface area contributed by atoms with Crippen LogP contribution in [0.3, 0.4) is 0 Å². The van der Waals surface area contributed by atoms with E-state index in [1.54, 1.807) is 0 Å². The Bertz CT molecular complexity index is 525. The minimum atomic E-state index is 0.227. The van der Waals surface area contributed by atoms with Gasteiger partial charge in [0.05, 0.1) is 0 Å². The number of hydrogen-bond acceptors (Lipinski definition) is 0. The minimum absolute atomic E-state index is 0.227. The van der Waals surface area contributed by atoms with Gasteiger partial charge in [-0.25, -0.2) is 0 Å². The van der Waals surface area contributed by atoms with Crippen LogP contribution < -0.4 is 0 Å². The predicted octanol–water partition coefficient (Wildman–Crippen LogP) is 5.95. The molecule has 1 aliphatic rings. The Balaban J connectivity index is 2.14. The molecule has 0 aliphatic heterocycles. The van der Waals surface area contributed by atoms with Crippen LogP contribution in [0.1, 0.15) is 59.1 Å². The molecule has 108 valence electrons. The summed E-state index contributed by atoms with van der Waals surface area (Å²) in [6.45, 7) is 13.6. The third kappa shape index (κ3) is 3.36. The molecule has 20 heavy (non-hydrogen) atoms. The van der Waals surface area contributed by atoms with Gasteiger partial charge in [0.2, 0.25) is 0 Å². The summed E-state index contributed by atoms with van der Waals surface area (Å²) in [7, 11) is 0. The van der Waals surface area contributed by atoms with Gasteiger partial charge in [-0.05, 0) is 16.4 Å². The Hall–Kier alpha value is -1.43. The van der Waals surface area contributed by atoms with Crippen molar-refractivity contribution in [1.82, 2.24) is 0 Å². The van der Waals surface area contributed by atoms with E-state index in [2.05, 4.69) is 84.4 Å². The van der Waals surface area contributed by atoms with E-state index in [9.17, 15) is 0 Å². The van der Waals surface area contributed by atoms with Crippen molar-refractivity contribution in [2.45, 2.75) is 53.4 Å². The van der Waals surface area contributed by atoms with E-state index in [0.29, 0.717) is 0 Å². The maximum Gasteiger partial charge on any atom is -0.0132 e. The first-order chi connectivity index (χ1) is 9.18. The molecule has 0 spiro atoms. The molecule has 0 nitrogen and oxygen atoms in total. The summed E-state index contributed by atoms with van der Waals surface area (Å²) < 4.78 is 0. The van der Waals surface area contributed by atoms with Crippen LogP contribution >= 0.6 is 0 Å². The summed E-state index contributed by atoms with van der Waals surface area (Å²) in [5.74, 6) is 0. The molecule has 0 amide bonds. The highest BCUT2D eigenvalue weighted by atomic mass is 14.2. The Morgan fingerprint density at radius 3 is 1.85 bits per heavy atom. The fraction of sp³-hybridized carbons (Fsp3) is 0.450. The highest BCUT2D eigenvalue weighted by Crippen LogP contribution is 2.35. The van der Waals surface area contributed by atoms with Gasteiger partial charge in [0.1, 0.15) is 0 Å². The van der Waals surface area contributed by atoms with Gasteiger partial charge in [-0.1, -0.05) is 77.8 Å². The van der Waals surface area contributed by atoms with Crippen molar-refractivity contribution in [2.75, 3.05) is 0 Å². The molecule has 0 heterocycles. The van der Waals surface area contributed by atoms with E-state index in [1.165, 1.54) is 22.3 Å². The lowest BCUT2D eigenvalue weighted by Crippen LogP contribution is -2.12. The van der Waals surface area contributed by atoms with Gasteiger partial charge in [-0.15, -0.1) is 5.57 Å². The van der Waals surface area contributed by atoms with Crippen molar-refractivity contribution in [3.63, 3.8) is 0 Å². The van der Waals surface area contributed by atoms with E-state index in [-0.39, 0.29) is 10.8 Å². The van der Waals surface area contributed by atoms with Gasteiger partial charge in [-0.2, -0.15) is 24.1 Å². The summed E-state index contributed by atoms with van der Waals surface area (Å²) in [5.41, 5.74) is 6.07. The normalized spacial score (nSPS) is 16.3. The molecule has 2 rings (SSSR count). The van der Waals surface area contributed by atoms with Crippen LogP contribution in [0, 0.1) is 11.8 Å². The summed E-state index contributed by atoms with van der Waals surface area (Å²) in [6, 6.07) is 9.05. The van der Waals surface area contributed by atoms with Crippen molar-refractivity contribution in [3.8, 4) is 0 Å². The van der Waals surface area contributed by atoms with Crippen LogP contribution in [0.4, 0.5) is 0 Å². The minimum Gasteiger partial charge on any atom is -0.183 e. The monoisotopic (exact) mass is 267 g/mol. The molecule has 0 saturated carbocycles. The van der Waals surface area contributed by atoms with Gasteiger partial charge in [0, 0.05) is 0 Å². The molecular formula is C20H27-. The second-order valence-electron chi connectivity index (χ2n) is 7.80. The number of benzene rings is 1. The lowest BCUT2D eigenvalue weighted by Gasteiger charge is -2.32. The third-order valence-electron chi connectivity index (χ3n) is 3.99. The zero-order chi connectivity index (χ0) is 15.0. The molecule has 0 atom stereocenters. The van der Waals surface area contributed by atoms with Gasteiger partial charge in [-0.3, -0.25) is 0 Å². The first kappa shape index (κ1) is 15.0. The Labute approximate surface area is 124 Å². The predicted molar refractivity (Wildman–Crippen MR) is 89.6 cm³/mol. The second kappa shape index (κ2) is 5.16. The summed E-state index contributed by atoms with van der Waals surface area (Å²) in [5, 5.41) is 0. The second-order valence-corrected chi connectivity index (χ2v) is 7.80.